The maximum absolute atomic E-state index is 13.0. The Kier molecular flexibility index (Phi) is 35.6. The summed E-state index contributed by atoms with van der Waals surface area (Å²) in [5.41, 5.74) is 10.1. The van der Waals surface area contributed by atoms with Gasteiger partial charge in [0.05, 0.1) is 89.0 Å². The van der Waals surface area contributed by atoms with Gasteiger partial charge in [0, 0.05) is 116 Å². The van der Waals surface area contributed by atoms with Crippen molar-refractivity contribution in [3.05, 3.63) is 97.0 Å². The number of aryl methyl sites for hydroxylation is 2. The van der Waals surface area contributed by atoms with Gasteiger partial charge >= 0.3 is 25.4 Å². The van der Waals surface area contributed by atoms with Crippen LogP contribution >= 0.6 is 58.7 Å². The van der Waals surface area contributed by atoms with E-state index in [4.69, 9.17) is 49.6 Å². The molecule has 0 spiro atoms. The number of carbonyl (C=O) groups is 2. The van der Waals surface area contributed by atoms with E-state index in [9.17, 15) is 42.5 Å². The summed E-state index contributed by atoms with van der Waals surface area (Å²) in [7, 11) is -0.556. The molecule has 0 bridgehead atoms. The van der Waals surface area contributed by atoms with Gasteiger partial charge < -0.3 is 106 Å². The number of halogens is 6. The maximum Gasteiger partial charge on any atom is 0.495 e. The normalized spacial score (nSPS) is 19.3. The average Bonchev–Trinajstić information content (AvgIpc) is 1.60. The third kappa shape index (κ3) is 27.6. The van der Waals surface area contributed by atoms with Crippen molar-refractivity contribution in [2.24, 2.45) is 17.6 Å². The molecule has 3 aromatic heterocycles. The van der Waals surface area contributed by atoms with Gasteiger partial charge in [-0.25, -0.2) is 24.5 Å². The van der Waals surface area contributed by atoms with E-state index >= 15 is 0 Å². The molecule has 0 aliphatic carbocycles. The van der Waals surface area contributed by atoms with Crippen LogP contribution in [-0.4, -0.2) is 255 Å². The molecule has 6 aliphatic heterocycles. The van der Waals surface area contributed by atoms with Gasteiger partial charge in [-0.05, 0) is 188 Å². The van der Waals surface area contributed by atoms with Crippen LogP contribution in [0.15, 0.2) is 72.8 Å². The summed E-state index contributed by atoms with van der Waals surface area (Å²) >= 11 is 4.33. The van der Waals surface area contributed by atoms with E-state index in [0.29, 0.717) is 68.5 Å². The zero-order valence-electron chi connectivity index (χ0n) is 60.2. The molecule has 12 N–H and O–H groups in total. The number of likely N-dealkylation sites (tertiary alicyclic amines) is 2. The van der Waals surface area contributed by atoms with Gasteiger partial charge in [0.2, 0.25) is 5.95 Å². The van der Waals surface area contributed by atoms with E-state index in [-0.39, 0.29) is 65.5 Å². The molecule has 6 fully saturated rings. The smallest absolute Gasteiger partial charge is 0.399 e. The minimum atomic E-state index is -4.20. The predicted octanol–water partition coefficient (Wildman–Crippen LogP) is 7.38. The first kappa shape index (κ1) is 87.5. The first-order chi connectivity index (χ1) is 49.0. The van der Waals surface area contributed by atoms with Crippen LogP contribution in [0.2, 0.25) is 0 Å². The molecule has 6 aliphatic rings. The summed E-state index contributed by atoms with van der Waals surface area (Å²) in [5, 5.41) is 65.4. The van der Waals surface area contributed by atoms with E-state index in [1.165, 1.54) is 11.0 Å². The number of hydrogen-bond acceptors (Lipinski definition) is 22. The second-order valence-electron chi connectivity index (χ2n) is 26.9. The van der Waals surface area contributed by atoms with Gasteiger partial charge in [-0.2, -0.15) is 31.1 Å². The predicted molar refractivity (Wildman–Crippen MR) is 418 cm³/mol. The van der Waals surface area contributed by atoms with Crippen molar-refractivity contribution in [1.82, 2.24) is 24.8 Å². The van der Waals surface area contributed by atoms with Crippen LogP contribution in [-0.2, 0) is 23.5 Å². The quantitative estimate of drug-likeness (QED) is 0.0166. The summed E-state index contributed by atoms with van der Waals surface area (Å²) in [6.45, 7) is 24.7. The monoisotopic (exact) mass is 1710 g/mol. The molecule has 34 heteroatoms. The SMILES string of the molecule is CC[C@@H]1CCN(C(=O)Nc2ccc(C)c(-c3cc(NC[C@@H](O)CO)nc(N4CCOCC4)c3)c2)C1.Cc1ccc(NC(=O)N2CC[C@@H](CC(F)(F)F)C2)cc1B1OC(C)(C)C(C)(C)O1.Fc1cc(I)cc(N2CCOCC2)n1.NC[C@@H](O)CO.OC[C@H](O)CNc1cc(I)cc(N2CCOCC2)n1.S. The third-order valence-electron chi connectivity index (χ3n) is 18.4. The number of anilines is 7. The number of ether oxygens (including phenoxy) is 3. The number of hydrogen-bond donors (Lipinski definition) is 11. The van der Waals surface area contributed by atoms with Gasteiger partial charge in [-0.3, -0.25) is 0 Å². The zero-order valence-corrected chi connectivity index (χ0v) is 65.6. The van der Waals surface area contributed by atoms with Gasteiger partial charge in [0.1, 0.15) is 29.1 Å². The largest absolute Gasteiger partial charge is 0.495 e. The summed E-state index contributed by atoms with van der Waals surface area (Å²) in [4.78, 5) is 48.2. The van der Waals surface area contributed by atoms with Crippen molar-refractivity contribution in [3.8, 4) is 11.1 Å². The number of aliphatic hydroxyl groups excluding tert-OH is 6. The summed E-state index contributed by atoms with van der Waals surface area (Å²) in [6.07, 6.45) is -4.91. The number of amides is 4. The third-order valence-corrected chi connectivity index (χ3v) is 19.6. The highest BCUT2D eigenvalue weighted by molar-refractivity contribution is 14.1. The first-order valence-corrected chi connectivity index (χ1v) is 37.0. The Hall–Kier alpha value is -5.46. The number of nitrogens with one attached hydrogen (secondary N) is 4. The lowest BCUT2D eigenvalue weighted by Crippen LogP contribution is -2.41. The van der Waals surface area contributed by atoms with Crippen molar-refractivity contribution >= 4 is 124 Å². The molecule has 6 saturated heterocycles. The van der Waals surface area contributed by atoms with Crippen molar-refractivity contribution in [2.45, 2.75) is 110 Å². The molecular weight excluding hydrogens is 1600 g/mol. The summed E-state index contributed by atoms with van der Waals surface area (Å²) in [6, 6.07) is 22.2. The number of carbonyl (C=O) groups excluding carboxylic acids is 2. The van der Waals surface area contributed by atoms with Crippen LogP contribution in [0.25, 0.3) is 11.1 Å². The number of aliphatic hydroxyl groups is 6. The van der Waals surface area contributed by atoms with E-state index in [2.05, 4.69) is 99.2 Å². The van der Waals surface area contributed by atoms with E-state index in [1.54, 1.807) is 12.1 Å². The second kappa shape index (κ2) is 42.3. The highest BCUT2D eigenvalue weighted by Gasteiger charge is 2.52. The number of benzene rings is 2. The minimum absolute atomic E-state index is 0. The van der Waals surface area contributed by atoms with Crippen molar-refractivity contribution < 1.29 is 81.3 Å². The molecule has 0 saturated carbocycles. The fourth-order valence-electron chi connectivity index (χ4n) is 11.5. The molecule has 0 radical (unpaired) electrons. The fraction of sp³-hybridized carbons (Fsp3) is 0.586. The lowest BCUT2D eigenvalue weighted by Gasteiger charge is -2.32. The van der Waals surface area contributed by atoms with Crippen LogP contribution in [0.1, 0.15) is 71.4 Å². The second-order valence-corrected chi connectivity index (χ2v) is 29.4. The molecule has 5 aromatic rings. The first-order valence-electron chi connectivity index (χ1n) is 34.8. The minimum Gasteiger partial charge on any atom is -0.399 e. The maximum atomic E-state index is 13.0. The van der Waals surface area contributed by atoms with Gasteiger partial charge in [0.15, 0.2) is 0 Å². The van der Waals surface area contributed by atoms with E-state index in [1.807, 2.05) is 99.9 Å². The highest BCUT2D eigenvalue weighted by atomic mass is 127. The average molecular weight is 1710 g/mol. The number of nitrogens with two attached hydrogens (primary N) is 1. The Balaban J connectivity index is 0.000000221. The molecule has 578 valence electrons. The van der Waals surface area contributed by atoms with E-state index in [0.717, 1.165) is 131 Å². The van der Waals surface area contributed by atoms with Crippen molar-refractivity contribution in [3.63, 3.8) is 0 Å². The Morgan fingerprint density at radius 2 is 1.05 bits per heavy atom. The van der Waals surface area contributed by atoms with Crippen LogP contribution < -0.4 is 47.2 Å². The number of rotatable bonds is 19. The number of morpholine rings is 3. The lowest BCUT2D eigenvalue weighted by molar-refractivity contribution is -0.143. The van der Waals surface area contributed by atoms with E-state index < -0.39 is 67.1 Å². The highest BCUT2D eigenvalue weighted by Crippen LogP contribution is 2.38. The number of pyridine rings is 3. The molecular formula is C70H104BF4I2N13O13S. The number of aromatic nitrogens is 3. The molecule has 26 nitrogen and oxygen atoms in total. The van der Waals surface area contributed by atoms with Gasteiger partial charge in [0.25, 0.3) is 0 Å². The van der Waals surface area contributed by atoms with Crippen molar-refractivity contribution in [2.75, 3.05) is 181 Å². The Morgan fingerprint density at radius 1 is 0.615 bits per heavy atom. The molecule has 104 heavy (non-hydrogen) atoms. The van der Waals surface area contributed by atoms with Crippen LogP contribution in [0.3, 0.4) is 0 Å². The Labute approximate surface area is 641 Å². The topological polar surface area (TPSA) is 331 Å². The van der Waals surface area contributed by atoms with Crippen LogP contribution in [0.5, 0.6) is 0 Å². The molecule has 5 atom stereocenters. The van der Waals surface area contributed by atoms with Crippen molar-refractivity contribution in [1.29, 1.82) is 0 Å². The Bertz CT molecular complexity index is 3440. The molecule has 2 aromatic carbocycles. The van der Waals surface area contributed by atoms with Crippen LogP contribution in [0, 0.1) is 38.8 Å². The lowest BCUT2D eigenvalue weighted by atomic mass is 9.76. The van der Waals surface area contributed by atoms with Crippen LogP contribution in [0.4, 0.5) is 67.6 Å². The molecule has 0 unspecified atom stereocenters. The summed E-state index contributed by atoms with van der Waals surface area (Å²) in [5.74, 6) is 3.39. The standard InChI is InChI=1S/C26H37N5O4.C20H28BF3N2O3.C12H18IN3O3.C9H10FIN2O.C3H9NO2.H2S/c1-3-19-6-7-31(16-19)26(34)28-21-5-4-18(2)23(14-21)20-12-24(27-15-22(33)17-32)29-25(13-20)30-8-10-35-11-9-30;1-13-6-7-15(10-16(13)21-28-18(2,3)19(4,5)29-21)25-17(27)26-9-8-14(12-26)11-20(22,23)24;13-9-5-11(14-7-10(18)8-17)15-12(6-9)16-1-3-19-4-2-16;10-8-5-7(11)6-9(12-8)13-1-3-14-4-2-13;4-1-3(6)2-5;/h4-5,12-14,19,22,32-33H,3,6-11,15-17H2,1-2H3,(H,27,29)(H,28,34);6-7,10,14H,8-9,11-12H2,1-5H3,(H,25,27);5-6,10,17-18H,1-4,7-8H2,(H,14,15);5-6H,1-4H2;3,5-6H,1-2,4H2;1H2/t19-,22-;14-;10-;;3-;/m101.1./s1. The van der Waals surface area contributed by atoms with Gasteiger partial charge in [-0.1, -0.05) is 31.0 Å². The number of urea groups is 2. The fourth-order valence-corrected chi connectivity index (χ4v) is 12.6. The number of alkyl halides is 3. The molecule has 4 amide bonds. The summed E-state index contributed by atoms with van der Waals surface area (Å²) < 4.78 is 80.9. The number of nitrogens with zero attached hydrogens (tertiary/aromatic N) is 8. The molecule has 9 heterocycles. The zero-order chi connectivity index (χ0) is 75.0. The Morgan fingerprint density at radius 3 is 1.49 bits per heavy atom. The van der Waals surface area contributed by atoms with Gasteiger partial charge in [-0.15, -0.1) is 0 Å². The molecule has 11 rings (SSSR count).